The van der Waals surface area contributed by atoms with E-state index in [1.165, 1.54) is 11.3 Å². The molecule has 102 valence electrons. The molecular formula is C12H17N5OS. The molecule has 0 aromatic carbocycles. The Bertz CT molecular complexity index is 552. The van der Waals surface area contributed by atoms with E-state index in [-0.39, 0.29) is 0 Å². The highest BCUT2D eigenvalue weighted by molar-refractivity contribution is 7.22. The number of ether oxygens (including phenoxy) is 1. The third-order valence-corrected chi connectivity index (χ3v) is 3.98. The number of nitrogen functional groups attached to an aromatic ring is 1. The molecule has 3 heterocycles. The lowest BCUT2D eigenvalue weighted by Crippen LogP contribution is -2.39. The van der Waals surface area contributed by atoms with Gasteiger partial charge >= 0.3 is 0 Å². The summed E-state index contributed by atoms with van der Waals surface area (Å²) in [5, 5.41) is 3.92. The number of rotatable bonds is 4. The topological polar surface area (TPSA) is 76.3 Å². The minimum atomic E-state index is 0.585. The summed E-state index contributed by atoms with van der Waals surface area (Å²) in [7, 11) is 0. The van der Waals surface area contributed by atoms with Crippen LogP contribution >= 0.6 is 11.3 Å². The molecule has 0 bridgehead atoms. The van der Waals surface area contributed by atoms with Crippen LogP contribution in [0, 0.1) is 0 Å². The first-order valence-corrected chi connectivity index (χ1v) is 7.19. The van der Waals surface area contributed by atoms with E-state index in [2.05, 4.69) is 20.2 Å². The molecule has 0 aliphatic carbocycles. The van der Waals surface area contributed by atoms with Gasteiger partial charge in [-0.3, -0.25) is 4.90 Å². The number of anilines is 2. The number of aromatic nitrogens is 2. The lowest BCUT2D eigenvalue weighted by molar-refractivity contribution is 0.0398. The highest BCUT2D eigenvalue weighted by Crippen LogP contribution is 2.24. The quantitative estimate of drug-likeness (QED) is 0.870. The predicted molar refractivity (Wildman–Crippen MR) is 77.6 cm³/mol. The second kappa shape index (κ2) is 5.68. The van der Waals surface area contributed by atoms with Crippen LogP contribution in [-0.2, 0) is 4.74 Å². The largest absolute Gasteiger partial charge is 0.379 e. The molecule has 1 saturated heterocycles. The lowest BCUT2D eigenvalue weighted by atomic mass is 10.4. The fourth-order valence-corrected chi connectivity index (χ4v) is 2.86. The molecule has 1 aliphatic rings. The zero-order chi connectivity index (χ0) is 13.1. The Morgan fingerprint density at radius 2 is 2.26 bits per heavy atom. The zero-order valence-electron chi connectivity index (χ0n) is 10.6. The standard InChI is InChI=1S/C12H17N5OS/c13-12-16-9-8-15-11(7-10(9)19-12)14-1-2-17-3-5-18-6-4-17/h7-8H,1-6H2,(H2,13,16)(H,14,15). The van der Waals surface area contributed by atoms with Gasteiger partial charge in [-0.25, -0.2) is 9.97 Å². The van der Waals surface area contributed by atoms with Crippen LogP contribution in [0.4, 0.5) is 10.9 Å². The molecule has 7 heteroatoms. The smallest absolute Gasteiger partial charge is 0.181 e. The second-order valence-corrected chi connectivity index (χ2v) is 5.53. The number of hydrogen-bond donors (Lipinski definition) is 2. The molecule has 0 amide bonds. The molecule has 0 saturated carbocycles. The van der Waals surface area contributed by atoms with Gasteiger partial charge in [-0.05, 0) is 0 Å². The van der Waals surface area contributed by atoms with Crippen molar-refractivity contribution in [2.45, 2.75) is 0 Å². The SMILES string of the molecule is Nc1nc2cnc(NCCN3CCOCC3)cc2s1. The number of nitrogens with zero attached hydrogens (tertiary/aromatic N) is 3. The van der Waals surface area contributed by atoms with Gasteiger partial charge in [0.15, 0.2) is 5.13 Å². The van der Waals surface area contributed by atoms with E-state index in [4.69, 9.17) is 10.5 Å². The molecule has 6 nitrogen and oxygen atoms in total. The van der Waals surface area contributed by atoms with Crippen LogP contribution in [-0.4, -0.2) is 54.3 Å². The van der Waals surface area contributed by atoms with Crippen molar-refractivity contribution in [1.29, 1.82) is 0 Å². The maximum absolute atomic E-state index is 5.68. The van der Waals surface area contributed by atoms with Crippen LogP contribution < -0.4 is 11.1 Å². The summed E-state index contributed by atoms with van der Waals surface area (Å²) < 4.78 is 6.39. The van der Waals surface area contributed by atoms with Crippen molar-refractivity contribution in [3.63, 3.8) is 0 Å². The molecule has 0 spiro atoms. The highest BCUT2D eigenvalue weighted by atomic mass is 32.1. The van der Waals surface area contributed by atoms with Gasteiger partial charge in [0.05, 0.1) is 24.1 Å². The van der Waals surface area contributed by atoms with Crippen LogP contribution in [0.25, 0.3) is 10.2 Å². The Kier molecular flexibility index (Phi) is 3.77. The molecule has 0 radical (unpaired) electrons. The van der Waals surface area contributed by atoms with Crippen LogP contribution in [0.2, 0.25) is 0 Å². The molecule has 1 fully saturated rings. The maximum Gasteiger partial charge on any atom is 0.181 e. The third kappa shape index (κ3) is 3.12. The van der Waals surface area contributed by atoms with Crippen molar-refractivity contribution >= 4 is 32.5 Å². The number of pyridine rings is 1. The molecule has 2 aromatic rings. The summed E-state index contributed by atoms with van der Waals surface area (Å²) in [5.41, 5.74) is 6.54. The summed E-state index contributed by atoms with van der Waals surface area (Å²) >= 11 is 1.49. The fourth-order valence-electron chi connectivity index (χ4n) is 2.11. The van der Waals surface area contributed by atoms with E-state index < -0.39 is 0 Å². The summed E-state index contributed by atoms with van der Waals surface area (Å²) in [4.78, 5) is 10.9. The minimum Gasteiger partial charge on any atom is -0.379 e. The molecule has 19 heavy (non-hydrogen) atoms. The number of morpholine rings is 1. The van der Waals surface area contributed by atoms with Gasteiger partial charge in [0.1, 0.15) is 11.3 Å². The van der Waals surface area contributed by atoms with Gasteiger partial charge in [0.2, 0.25) is 0 Å². The van der Waals surface area contributed by atoms with Crippen LogP contribution in [0.5, 0.6) is 0 Å². The molecule has 2 aromatic heterocycles. The Balaban J connectivity index is 1.55. The first-order chi connectivity index (χ1) is 9.31. The molecule has 0 unspecified atom stereocenters. The van der Waals surface area contributed by atoms with Crippen molar-refractivity contribution in [3.05, 3.63) is 12.3 Å². The van der Waals surface area contributed by atoms with Gasteiger partial charge in [-0.1, -0.05) is 11.3 Å². The average molecular weight is 279 g/mol. The average Bonchev–Trinajstić information content (AvgIpc) is 2.79. The molecule has 0 atom stereocenters. The van der Waals surface area contributed by atoms with Crippen molar-refractivity contribution < 1.29 is 4.74 Å². The van der Waals surface area contributed by atoms with E-state index in [1.807, 2.05) is 6.07 Å². The number of thiazole rings is 1. The van der Waals surface area contributed by atoms with Crippen molar-refractivity contribution in [3.8, 4) is 0 Å². The van der Waals surface area contributed by atoms with E-state index in [0.717, 1.165) is 55.4 Å². The summed E-state index contributed by atoms with van der Waals surface area (Å²) in [6.07, 6.45) is 1.76. The molecule has 3 N–H and O–H groups in total. The maximum atomic E-state index is 5.68. The first kappa shape index (κ1) is 12.6. The van der Waals surface area contributed by atoms with E-state index in [9.17, 15) is 0 Å². The molecule has 3 rings (SSSR count). The van der Waals surface area contributed by atoms with Crippen LogP contribution in [0.1, 0.15) is 0 Å². The van der Waals surface area contributed by atoms with E-state index in [1.54, 1.807) is 6.20 Å². The van der Waals surface area contributed by atoms with E-state index >= 15 is 0 Å². The summed E-state index contributed by atoms with van der Waals surface area (Å²) in [6, 6.07) is 2.00. The first-order valence-electron chi connectivity index (χ1n) is 6.37. The Hall–Kier alpha value is -1.44. The fraction of sp³-hybridized carbons (Fsp3) is 0.500. The number of nitrogens with one attached hydrogen (secondary N) is 1. The number of nitrogens with two attached hydrogens (primary N) is 1. The third-order valence-electron chi connectivity index (χ3n) is 3.13. The Morgan fingerprint density at radius 1 is 1.42 bits per heavy atom. The summed E-state index contributed by atoms with van der Waals surface area (Å²) in [5.74, 6) is 0.879. The Morgan fingerprint density at radius 3 is 3.11 bits per heavy atom. The van der Waals surface area contributed by atoms with Crippen molar-refractivity contribution in [1.82, 2.24) is 14.9 Å². The normalized spacial score (nSPS) is 16.8. The van der Waals surface area contributed by atoms with Gasteiger partial charge in [0, 0.05) is 32.2 Å². The van der Waals surface area contributed by atoms with Crippen molar-refractivity contribution in [2.75, 3.05) is 50.4 Å². The van der Waals surface area contributed by atoms with Crippen LogP contribution in [0.15, 0.2) is 12.3 Å². The zero-order valence-corrected chi connectivity index (χ0v) is 11.4. The highest BCUT2D eigenvalue weighted by Gasteiger charge is 2.09. The minimum absolute atomic E-state index is 0.585. The molecular weight excluding hydrogens is 262 g/mol. The lowest BCUT2D eigenvalue weighted by Gasteiger charge is -2.26. The van der Waals surface area contributed by atoms with Gasteiger partial charge < -0.3 is 15.8 Å². The van der Waals surface area contributed by atoms with Gasteiger partial charge in [-0.2, -0.15) is 0 Å². The second-order valence-electron chi connectivity index (χ2n) is 4.47. The monoisotopic (exact) mass is 279 g/mol. The summed E-state index contributed by atoms with van der Waals surface area (Å²) in [6.45, 7) is 5.59. The van der Waals surface area contributed by atoms with Gasteiger partial charge in [-0.15, -0.1) is 0 Å². The number of hydrogen-bond acceptors (Lipinski definition) is 7. The van der Waals surface area contributed by atoms with Gasteiger partial charge in [0.25, 0.3) is 0 Å². The van der Waals surface area contributed by atoms with Crippen molar-refractivity contribution in [2.24, 2.45) is 0 Å². The number of fused-ring (bicyclic) bond motifs is 1. The molecule has 1 aliphatic heterocycles. The van der Waals surface area contributed by atoms with E-state index in [0.29, 0.717) is 5.13 Å². The predicted octanol–water partition coefficient (Wildman–Crippen LogP) is 1.02. The van der Waals surface area contributed by atoms with Crippen LogP contribution in [0.3, 0.4) is 0 Å². The Labute approximate surface area is 115 Å².